The number of imide groups is 1. The van der Waals surface area contributed by atoms with Crippen LogP contribution in [0.2, 0.25) is 0 Å². The molecule has 0 radical (unpaired) electrons. The molecule has 1 aromatic carbocycles. The van der Waals surface area contributed by atoms with Gasteiger partial charge in [0.05, 0.1) is 97.3 Å². The van der Waals surface area contributed by atoms with E-state index in [9.17, 15) is 18.0 Å². The minimum atomic E-state index is -3.76. The monoisotopic (exact) mass is 545 g/mol. The molecule has 208 valence electrons. The smallest absolute Gasteiger partial charge is 0.297 e. The lowest BCUT2D eigenvalue weighted by Gasteiger charge is -2.13. The molecule has 0 spiro atoms. The molecule has 0 atom stereocenters. The molecule has 0 fully saturated rings. The number of carbonyl (C=O) groups excluding carboxylic acids is 2. The van der Waals surface area contributed by atoms with Crippen LogP contribution < -0.4 is 0 Å². The van der Waals surface area contributed by atoms with E-state index in [0.29, 0.717) is 66.1 Å². The number of hydrogen-bond donors (Lipinski definition) is 0. The van der Waals surface area contributed by atoms with Crippen molar-refractivity contribution >= 4 is 21.9 Å². The normalized spacial score (nSPS) is 13.7. The molecular formula is C24H35NO11S. The topological polar surface area (TPSA) is 136 Å². The summed E-state index contributed by atoms with van der Waals surface area (Å²) in [5.41, 5.74) is 0. The quantitative estimate of drug-likeness (QED) is 0.107. The van der Waals surface area contributed by atoms with Crippen LogP contribution in [-0.4, -0.2) is 118 Å². The Labute approximate surface area is 217 Å². The SMILES string of the molecule is O=C1C=CC(=O)N1CCOCCOCCOCCOCCOCCOCCOS(=O)(=O)c1ccccc1. The van der Waals surface area contributed by atoms with Gasteiger partial charge in [-0.15, -0.1) is 0 Å². The van der Waals surface area contributed by atoms with Crippen molar-refractivity contribution in [2.45, 2.75) is 4.90 Å². The third-order valence-electron chi connectivity index (χ3n) is 4.72. The summed E-state index contributed by atoms with van der Waals surface area (Å²) < 4.78 is 60.9. The van der Waals surface area contributed by atoms with Crippen molar-refractivity contribution in [2.24, 2.45) is 0 Å². The fourth-order valence-corrected chi connectivity index (χ4v) is 3.78. The molecule has 1 aliphatic rings. The van der Waals surface area contributed by atoms with E-state index in [-0.39, 0.29) is 43.1 Å². The summed E-state index contributed by atoms with van der Waals surface area (Å²) >= 11 is 0. The molecule has 12 nitrogen and oxygen atoms in total. The third kappa shape index (κ3) is 13.8. The number of benzene rings is 1. The van der Waals surface area contributed by atoms with Crippen molar-refractivity contribution < 1.29 is 50.6 Å². The highest BCUT2D eigenvalue weighted by Crippen LogP contribution is 2.10. The Balaban J connectivity index is 1.25. The number of hydrogen-bond acceptors (Lipinski definition) is 11. The van der Waals surface area contributed by atoms with Gasteiger partial charge in [-0.25, -0.2) is 0 Å². The lowest BCUT2D eigenvalue weighted by molar-refractivity contribution is -0.137. The van der Waals surface area contributed by atoms with Gasteiger partial charge in [0.1, 0.15) is 0 Å². The lowest BCUT2D eigenvalue weighted by atomic mass is 10.4. The average molecular weight is 546 g/mol. The molecule has 0 aliphatic carbocycles. The number of amides is 2. The molecule has 0 saturated heterocycles. The highest BCUT2D eigenvalue weighted by atomic mass is 32.2. The summed E-state index contributed by atoms with van der Waals surface area (Å²) in [6.45, 7) is 4.53. The zero-order chi connectivity index (χ0) is 26.6. The first kappa shape index (κ1) is 31.0. The maximum atomic E-state index is 11.9. The van der Waals surface area contributed by atoms with Crippen molar-refractivity contribution in [3.8, 4) is 0 Å². The van der Waals surface area contributed by atoms with E-state index in [0.717, 1.165) is 4.90 Å². The van der Waals surface area contributed by atoms with Crippen LogP contribution in [0, 0.1) is 0 Å². The summed E-state index contributed by atoms with van der Waals surface area (Å²) in [4.78, 5) is 24.0. The van der Waals surface area contributed by atoms with Crippen LogP contribution in [-0.2, 0) is 52.3 Å². The molecule has 0 aromatic heterocycles. The van der Waals surface area contributed by atoms with E-state index in [4.69, 9.17) is 32.6 Å². The molecule has 0 bridgehead atoms. The minimum absolute atomic E-state index is 0.0670. The van der Waals surface area contributed by atoms with Crippen molar-refractivity contribution in [1.29, 1.82) is 0 Å². The van der Waals surface area contributed by atoms with Crippen LogP contribution >= 0.6 is 0 Å². The van der Waals surface area contributed by atoms with E-state index in [1.165, 1.54) is 24.3 Å². The number of nitrogens with zero attached hydrogens (tertiary/aromatic N) is 1. The Morgan fingerprint density at radius 3 is 1.35 bits per heavy atom. The second kappa shape index (κ2) is 18.9. The highest BCUT2D eigenvalue weighted by molar-refractivity contribution is 7.86. The Morgan fingerprint density at radius 2 is 0.919 bits per heavy atom. The standard InChI is InChI=1S/C24H35NO11S/c26-23-6-7-24(27)25(23)8-9-30-10-11-31-12-13-32-14-15-33-16-17-34-18-19-35-20-21-36-37(28,29)22-4-2-1-3-5-22/h1-7H,8-21H2. The van der Waals surface area contributed by atoms with Crippen molar-refractivity contribution in [1.82, 2.24) is 4.90 Å². The summed E-state index contributed by atoms with van der Waals surface area (Å²) in [5.74, 6) is -0.633. The molecule has 1 aromatic rings. The summed E-state index contributed by atoms with van der Waals surface area (Å²) in [6.07, 6.45) is 2.49. The zero-order valence-corrected chi connectivity index (χ0v) is 21.6. The van der Waals surface area contributed by atoms with E-state index in [1.54, 1.807) is 18.2 Å². The Bertz CT molecular complexity index is 891. The Kier molecular flexibility index (Phi) is 15.9. The van der Waals surface area contributed by atoms with E-state index in [2.05, 4.69) is 0 Å². The maximum Gasteiger partial charge on any atom is 0.297 e. The molecule has 13 heteroatoms. The van der Waals surface area contributed by atoms with Crippen LogP contribution in [0.5, 0.6) is 0 Å². The fourth-order valence-electron chi connectivity index (χ4n) is 2.87. The van der Waals surface area contributed by atoms with Gasteiger partial charge in [0, 0.05) is 12.2 Å². The molecule has 2 amide bonds. The van der Waals surface area contributed by atoms with Gasteiger partial charge in [-0.05, 0) is 12.1 Å². The first-order chi connectivity index (χ1) is 18.0. The van der Waals surface area contributed by atoms with Gasteiger partial charge < -0.3 is 28.4 Å². The van der Waals surface area contributed by atoms with Gasteiger partial charge in [0.15, 0.2) is 0 Å². The van der Waals surface area contributed by atoms with Crippen molar-refractivity contribution in [2.75, 3.05) is 92.4 Å². The van der Waals surface area contributed by atoms with Crippen LogP contribution in [0.3, 0.4) is 0 Å². The van der Waals surface area contributed by atoms with Crippen LogP contribution in [0.15, 0.2) is 47.4 Å². The highest BCUT2D eigenvalue weighted by Gasteiger charge is 2.22. The fraction of sp³-hybridized carbons (Fsp3) is 0.583. The minimum Gasteiger partial charge on any atom is -0.377 e. The van der Waals surface area contributed by atoms with Crippen LogP contribution in [0.4, 0.5) is 0 Å². The predicted octanol–water partition coefficient (Wildman–Crippen LogP) is 0.417. The second-order valence-corrected chi connectivity index (χ2v) is 9.04. The largest absolute Gasteiger partial charge is 0.377 e. The third-order valence-corrected chi connectivity index (χ3v) is 6.04. The summed E-state index contributed by atoms with van der Waals surface area (Å²) in [5, 5.41) is 0. The van der Waals surface area contributed by atoms with E-state index in [1.807, 2.05) is 0 Å². The zero-order valence-electron chi connectivity index (χ0n) is 20.8. The average Bonchev–Trinajstić information content (AvgIpc) is 3.22. The molecule has 0 unspecified atom stereocenters. The number of ether oxygens (including phenoxy) is 6. The Hall–Kier alpha value is -2.23. The van der Waals surface area contributed by atoms with E-state index < -0.39 is 10.1 Å². The molecule has 1 aliphatic heterocycles. The van der Waals surface area contributed by atoms with Crippen molar-refractivity contribution in [3.05, 3.63) is 42.5 Å². The number of rotatable bonds is 23. The molecule has 37 heavy (non-hydrogen) atoms. The predicted molar refractivity (Wildman–Crippen MR) is 130 cm³/mol. The van der Waals surface area contributed by atoms with Gasteiger partial charge in [-0.1, -0.05) is 18.2 Å². The molecular weight excluding hydrogens is 510 g/mol. The Morgan fingerprint density at radius 1 is 0.541 bits per heavy atom. The first-order valence-electron chi connectivity index (χ1n) is 11.9. The lowest BCUT2D eigenvalue weighted by Crippen LogP contribution is -2.33. The maximum absolute atomic E-state index is 11.9. The molecule has 1 heterocycles. The van der Waals surface area contributed by atoms with Gasteiger partial charge >= 0.3 is 0 Å². The van der Waals surface area contributed by atoms with Gasteiger partial charge in [0.25, 0.3) is 21.9 Å². The van der Waals surface area contributed by atoms with Crippen molar-refractivity contribution in [3.63, 3.8) is 0 Å². The molecule has 0 N–H and O–H groups in total. The molecule has 0 saturated carbocycles. The van der Waals surface area contributed by atoms with Crippen LogP contribution in [0.25, 0.3) is 0 Å². The van der Waals surface area contributed by atoms with E-state index >= 15 is 0 Å². The number of carbonyl (C=O) groups is 2. The summed E-state index contributed by atoms with van der Waals surface area (Å²) in [6, 6.07) is 7.94. The van der Waals surface area contributed by atoms with Gasteiger partial charge in [-0.2, -0.15) is 8.42 Å². The first-order valence-corrected chi connectivity index (χ1v) is 13.4. The van der Waals surface area contributed by atoms with Gasteiger partial charge in [-0.3, -0.25) is 18.7 Å². The van der Waals surface area contributed by atoms with Gasteiger partial charge in [0.2, 0.25) is 0 Å². The molecule has 2 rings (SSSR count). The summed E-state index contributed by atoms with van der Waals surface area (Å²) in [7, 11) is -3.76. The second-order valence-electron chi connectivity index (χ2n) is 7.42. The van der Waals surface area contributed by atoms with Crippen LogP contribution in [0.1, 0.15) is 0 Å².